The highest BCUT2D eigenvalue weighted by molar-refractivity contribution is 6.10. The Morgan fingerprint density at radius 1 is 1.07 bits per heavy atom. The Bertz CT molecular complexity index is 1010. The largest absolute Gasteiger partial charge is 0.325 e. The minimum atomic E-state index is -1.20. The Hall–Kier alpha value is -3.15. The summed E-state index contributed by atoms with van der Waals surface area (Å²) in [4.78, 5) is 39.1. The number of aryl methyl sites for hydroxylation is 2. The highest BCUT2D eigenvalue weighted by atomic mass is 16.2. The van der Waals surface area contributed by atoms with E-state index >= 15 is 0 Å². The number of imide groups is 1. The number of nitrogens with one attached hydrogen (secondary N) is 2. The zero-order chi connectivity index (χ0) is 22.3. The topological polar surface area (TPSA) is 78.5 Å². The van der Waals surface area contributed by atoms with E-state index in [0.717, 1.165) is 21.6 Å². The van der Waals surface area contributed by atoms with E-state index in [1.165, 1.54) is 0 Å². The molecule has 0 bridgehead atoms. The van der Waals surface area contributed by atoms with Crippen molar-refractivity contribution in [2.45, 2.75) is 52.5 Å². The van der Waals surface area contributed by atoms with Gasteiger partial charge in [0.05, 0.1) is 0 Å². The highest BCUT2D eigenvalue weighted by Gasteiger charge is 2.49. The first-order chi connectivity index (χ1) is 13.9. The van der Waals surface area contributed by atoms with E-state index in [9.17, 15) is 14.4 Å². The molecule has 4 amide bonds. The lowest BCUT2D eigenvalue weighted by molar-refractivity contribution is -0.133. The van der Waals surface area contributed by atoms with Gasteiger partial charge in [-0.1, -0.05) is 57.2 Å². The van der Waals surface area contributed by atoms with Crippen molar-refractivity contribution < 1.29 is 14.4 Å². The lowest BCUT2D eigenvalue weighted by atomic mass is 9.84. The Labute approximate surface area is 177 Å². The van der Waals surface area contributed by atoms with Crippen molar-refractivity contribution >= 4 is 23.5 Å². The molecular weight excluding hydrogens is 378 g/mol. The predicted octanol–water partition coefficient (Wildman–Crippen LogP) is 4.01. The van der Waals surface area contributed by atoms with Crippen LogP contribution in [0, 0.1) is 13.8 Å². The van der Waals surface area contributed by atoms with E-state index in [4.69, 9.17) is 0 Å². The maximum absolute atomic E-state index is 13.1. The number of rotatable bonds is 4. The zero-order valence-corrected chi connectivity index (χ0v) is 18.4. The molecule has 1 atom stereocenters. The summed E-state index contributed by atoms with van der Waals surface area (Å²) in [7, 11) is 0. The van der Waals surface area contributed by atoms with Crippen LogP contribution < -0.4 is 10.6 Å². The summed E-state index contributed by atoms with van der Waals surface area (Å²) >= 11 is 0. The molecule has 2 aromatic carbocycles. The van der Waals surface area contributed by atoms with Crippen LogP contribution in [0.15, 0.2) is 42.5 Å². The molecule has 1 aliphatic rings. The molecule has 6 heteroatoms. The summed E-state index contributed by atoms with van der Waals surface area (Å²) in [6, 6.07) is 12.8. The Kier molecular flexibility index (Phi) is 5.46. The standard InChI is InChI=1S/C24H29N3O3/c1-15-7-8-16(2)19(13-15)25-20(28)14-27-21(29)24(6,26-22(27)30)18-11-9-17(10-12-18)23(3,4)5/h7-13H,14H2,1-6H3,(H,25,28)(H,26,30)/t24-/m1/s1. The van der Waals surface area contributed by atoms with Gasteiger partial charge in [-0.05, 0) is 54.5 Å². The molecular formula is C24H29N3O3. The molecule has 1 aliphatic heterocycles. The smallest absolute Gasteiger partial charge is 0.324 e. The summed E-state index contributed by atoms with van der Waals surface area (Å²) in [5.74, 6) is -0.855. The Balaban J connectivity index is 1.77. The molecule has 6 nitrogen and oxygen atoms in total. The van der Waals surface area contributed by atoms with E-state index in [0.29, 0.717) is 11.3 Å². The first-order valence-electron chi connectivity index (χ1n) is 10.0. The average molecular weight is 408 g/mol. The molecule has 0 radical (unpaired) electrons. The predicted molar refractivity (Wildman–Crippen MR) is 117 cm³/mol. The molecule has 0 unspecified atom stereocenters. The molecule has 158 valence electrons. The third-order valence-electron chi connectivity index (χ3n) is 5.57. The van der Waals surface area contributed by atoms with Gasteiger partial charge in [0.25, 0.3) is 5.91 Å². The molecule has 2 N–H and O–H groups in total. The fourth-order valence-corrected chi connectivity index (χ4v) is 3.54. The van der Waals surface area contributed by atoms with Crippen molar-refractivity contribution in [2.24, 2.45) is 0 Å². The van der Waals surface area contributed by atoms with Gasteiger partial charge in [-0.15, -0.1) is 0 Å². The van der Waals surface area contributed by atoms with Gasteiger partial charge in [0.2, 0.25) is 5.91 Å². The maximum atomic E-state index is 13.1. The third kappa shape index (κ3) is 4.08. The number of urea groups is 1. The minimum absolute atomic E-state index is 0.0135. The van der Waals surface area contributed by atoms with Crippen LogP contribution in [-0.2, 0) is 20.5 Å². The van der Waals surface area contributed by atoms with Gasteiger partial charge in [-0.2, -0.15) is 0 Å². The molecule has 1 fully saturated rings. The molecule has 2 aromatic rings. The number of carbonyl (C=O) groups excluding carboxylic acids is 3. The van der Waals surface area contributed by atoms with Crippen molar-refractivity contribution in [1.82, 2.24) is 10.2 Å². The summed E-state index contributed by atoms with van der Waals surface area (Å²) in [6.45, 7) is 11.5. The minimum Gasteiger partial charge on any atom is -0.324 e. The molecule has 0 saturated carbocycles. The van der Waals surface area contributed by atoms with Gasteiger partial charge in [0, 0.05) is 5.69 Å². The lowest BCUT2D eigenvalue weighted by Crippen LogP contribution is -2.42. The van der Waals surface area contributed by atoms with Crippen LogP contribution in [-0.4, -0.2) is 29.3 Å². The maximum Gasteiger partial charge on any atom is 0.325 e. The lowest BCUT2D eigenvalue weighted by Gasteiger charge is -2.24. The van der Waals surface area contributed by atoms with E-state index in [2.05, 4.69) is 31.4 Å². The Morgan fingerprint density at radius 2 is 1.70 bits per heavy atom. The fraction of sp³-hybridized carbons (Fsp3) is 0.375. The molecule has 0 aliphatic carbocycles. The summed E-state index contributed by atoms with van der Waals surface area (Å²) in [5, 5.41) is 5.55. The van der Waals surface area contributed by atoms with Gasteiger partial charge < -0.3 is 10.6 Å². The third-order valence-corrected chi connectivity index (χ3v) is 5.57. The summed E-state index contributed by atoms with van der Waals surface area (Å²) in [5.41, 5.74) is 3.20. The quantitative estimate of drug-likeness (QED) is 0.752. The van der Waals surface area contributed by atoms with E-state index in [1.54, 1.807) is 6.92 Å². The second-order valence-corrected chi connectivity index (χ2v) is 9.14. The van der Waals surface area contributed by atoms with Crippen LogP contribution in [0.4, 0.5) is 10.5 Å². The van der Waals surface area contributed by atoms with Crippen molar-refractivity contribution in [3.63, 3.8) is 0 Å². The monoisotopic (exact) mass is 407 g/mol. The second-order valence-electron chi connectivity index (χ2n) is 9.14. The fourth-order valence-electron chi connectivity index (χ4n) is 3.54. The summed E-state index contributed by atoms with van der Waals surface area (Å²) in [6.07, 6.45) is 0. The number of hydrogen-bond acceptors (Lipinski definition) is 3. The SMILES string of the molecule is Cc1ccc(C)c(NC(=O)CN2C(=O)N[C@](C)(c3ccc(C(C)(C)C)cc3)C2=O)c1. The normalized spacial score (nSPS) is 19.1. The van der Waals surface area contributed by atoms with Crippen molar-refractivity contribution in [2.75, 3.05) is 11.9 Å². The van der Waals surface area contributed by atoms with Gasteiger partial charge in [0.1, 0.15) is 12.1 Å². The second kappa shape index (κ2) is 7.59. The van der Waals surface area contributed by atoms with Gasteiger partial charge in [-0.3, -0.25) is 14.5 Å². The number of anilines is 1. The first kappa shape index (κ1) is 21.6. The van der Waals surface area contributed by atoms with Gasteiger partial charge in [0.15, 0.2) is 0 Å². The molecule has 0 aromatic heterocycles. The van der Waals surface area contributed by atoms with Crippen molar-refractivity contribution in [1.29, 1.82) is 0 Å². The van der Waals surface area contributed by atoms with Crippen LogP contribution in [0.25, 0.3) is 0 Å². The van der Waals surface area contributed by atoms with Crippen LogP contribution in [0.5, 0.6) is 0 Å². The number of carbonyl (C=O) groups is 3. The average Bonchev–Trinajstić information content (AvgIpc) is 2.88. The van der Waals surface area contributed by atoms with E-state index in [-0.39, 0.29) is 12.0 Å². The molecule has 3 rings (SSSR count). The van der Waals surface area contributed by atoms with Crippen LogP contribution >= 0.6 is 0 Å². The number of nitrogens with zero attached hydrogens (tertiary/aromatic N) is 1. The van der Waals surface area contributed by atoms with Crippen LogP contribution in [0.2, 0.25) is 0 Å². The number of hydrogen-bond donors (Lipinski definition) is 2. The summed E-state index contributed by atoms with van der Waals surface area (Å²) < 4.78 is 0. The molecule has 1 heterocycles. The zero-order valence-electron chi connectivity index (χ0n) is 18.4. The van der Waals surface area contributed by atoms with Gasteiger partial charge >= 0.3 is 6.03 Å². The van der Waals surface area contributed by atoms with Crippen LogP contribution in [0.3, 0.4) is 0 Å². The van der Waals surface area contributed by atoms with Crippen molar-refractivity contribution in [3.05, 3.63) is 64.7 Å². The van der Waals surface area contributed by atoms with E-state index in [1.807, 2.05) is 56.3 Å². The van der Waals surface area contributed by atoms with Gasteiger partial charge in [-0.25, -0.2) is 4.79 Å². The molecule has 1 saturated heterocycles. The van der Waals surface area contributed by atoms with Crippen molar-refractivity contribution in [3.8, 4) is 0 Å². The molecule has 0 spiro atoms. The van der Waals surface area contributed by atoms with E-state index < -0.39 is 23.4 Å². The highest BCUT2D eigenvalue weighted by Crippen LogP contribution is 2.31. The molecule has 30 heavy (non-hydrogen) atoms. The van der Waals surface area contributed by atoms with Crippen LogP contribution in [0.1, 0.15) is 49.9 Å². The first-order valence-corrected chi connectivity index (χ1v) is 10.0. The number of amides is 4. The Morgan fingerprint density at radius 3 is 2.30 bits per heavy atom. The number of benzene rings is 2.